The lowest BCUT2D eigenvalue weighted by molar-refractivity contribution is -0.128. The Balaban J connectivity index is 1.49. The molecular formula is C17H26N2. The van der Waals surface area contributed by atoms with Crippen LogP contribution in [-0.2, 0) is 13.0 Å². The van der Waals surface area contributed by atoms with Crippen molar-refractivity contribution < 1.29 is 0 Å². The van der Waals surface area contributed by atoms with E-state index in [4.69, 9.17) is 0 Å². The maximum absolute atomic E-state index is 2.60. The monoisotopic (exact) mass is 258 g/mol. The average molecular weight is 258 g/mol. The van der Waals surface area contributed by atoms with Crippen molar-refractivity contribution in [2.45, 2.75) is 39.8 Å². The number of hydrogen-bond acceptors (Lipinski definition) is 2. The summed E-state index contributed by atoms with van der Waals surface area (Å²) in [6, 6.07) is 9.79. The summed E-state index contributed by atoms with van der Waals surface area (Å²) in [5.41, 5.74) is 3.59. The lowest BCUT2D eigenvalue weighted by atomic mass is 9.72. The van der Waals surface area contributed by atoms with E-state index in [0.29, 0.717) is 5.41 Å². The summed E-state index contributed by atoms with van der Waals surface area (Å²) in [6.45, 7) is 13.2. The summed E-state index contributed by atoms with van der Waals surface area (Å²) in [5.74, 6) is 0. The molecule has 2 aliphatic rings. The predicted octanol–water partition coefficient (Wildman–Crippen LogP) is 2.78. The first-order chi connectivity index (χ1) is 9.10. The fourth-order valence-corrected chi connectivity index (χ4v) is 3.60. The smallest absolute Gasteiger partial charge is 0.0234 e. The number of benzene rings is 1. The van der Waals surface area contributed by atoms with E-state index in [1.807, 2.05) is 0 Å². The highest BCUT2D eigenvalue weighted by molar-refractivity contribution is 5.24. The second kappa shape index (κ2) is 4.92. The van der Waals surface area contributed by atoms with E-state index in [9.17, 15) is 0 Å². The quantitative estimate of drug-likeness (QED) is 0.819. The highest BCUT2D eigenvalue weighted by Crippen LogP contribution is 2.41. The van der Waals surface area contributed by atoms with Crippen LogP contribution in [0.1, 0.15) is 31.9 Å². The minimum Gasteiger partial charge on any atom is -0.300 e. The molecule has 0 saturated carbocycles. The Hall–Kier alpha value is -0.860. The molecule has 0 radical (unpaired) electrons. The molecule has 2 heterocycles. The third kappa shape index (κ3) is 2.56. The Morgan fingerprint density at radius 2 is 1.79 bits per heavy atom. The van der Waals surface area contributed by atoms with Crippen LogP contribution in [0.25, 0.3) is 0 Å². The summed E-state index contributed by atoms with van der Waals surface area (Å²) in [5, 5.41) is 0. The molecule has 0 aliphatic carbocycles. The fourth-order valence-electron chi connectivity index (χ4n) is 3.60. The molecule has 1 aromatic rings. The zero-order chi connectivity index (χ0) is 13.5. The van der Waals surface area contributed by atoms with Gasteiger partial charge in [-0.05, 0) is 31.4 Å². The SMILES string of the molecule is CCc1cccc(CN2CC3(C2)CN(C(C)C)C3)c1. The topological polar surface area (TPSA) is 6.48 Å². The normalized spacial score (nSPS) is 22.5. The Kier molecular flexibility index (Phi) is 3.40. The minimum atomic E-state index is 0.645. The van der Waals surface area contributed by atoms with Crippen LogP contribution in [0.15, 0.2) is 24.3 Å². The Morgan fingerprint density at radius 3 is 2.42 bits per heavy atom. The van der Waals surface area contributed by atoms with Gasteiger partial charge < -0.3 is 0 Å². The molecule has 0 N–H and O–H groups in total. The fraction of sp³-hybridized carbons (Fsp3) is 0.647. The van der Waals surface area contributed by atoms with Crippen LogP contribution in [0, 0.1) is 5.41 Å². The van der Waals surface area contributed by atoms with Crippen molar-refractivity contribution in [2.24, 2.45) is 5.41 Å². The standard InChI is InChI=1S/C17H26N2/c1-4-15-6-5-7-16(8-15)9-18-10-17(11-18)12-19(13-17)14(2)3/h5-8,14H,4,9-13H2,1-3H3. The van der Waals surface area contributed by atoms with Crippen molar-refractivity contribution in [2.75, 3.05) is 26.2 Å². The second-order valence-corrected chi connectivity index (χ2v) is 6.82. The molecule has 19 heavy (non-hydrogen) atoms. The van der Waals surface area contributed by atoms with E-state index in [0.717, 1.165) is 19.0 Å². The maximum atomic E-state index is 2.60. The highest BCUT2D eigenvalue weighted by atomic mass is 15.3. The number of aryl methyl sites for hydroxylation is 1. The van der Waals surface area contributed by atoms with E-state index in [2.05, 4.69) is 54.8 Å². The first-order valence-corrected chi connectivity index (χ1v) is 7.64. The van der Waals surface area contributed by atoms with Gasteiger partial charge in [-0.3, -0.25) is 9.80 Å². The van der Waals surface area contributed by atoms with E-state index in [1.54, 1.807) is 0 Å². The molecule has 0 unspecified atom stereocenters. The molecule has 2 nitrogen and oxygen atoms in total. The van der Waals surface area contributed by atoms with Gasteiger partial charge in [0.05, 0.1) is 0 Å². The summed E-state index contributed by atoms with van der Waals surface area (Å²) in [4.78, 5) is 5.20. The number of likely N-dealkylation sites (tertiary alicyclic amines) is 2. The van der Waals surface area contributed by atoms with Crippen molar-refractivity contribution in [3.63, 3.8) is 0 Å². The number of nitrogens with zero attached hydrogens (tertiary/aromatic N) is 2. The lowest BCUT2D eigenvalue weighted by Crippen LogP contribution is -2.72. The third-order valence-corrected chi connectivity index (χ3v) is 4.73. The second-order valence-electron chi connectivity index (χ2n) is 6.82. The van der Waals surface area contributed by atoms with Gasteiger partial charge in [0.15, 0.2) is 0 Å². The predicted molar refractivity (Wildman–Crippen MR) is 80.2 cm³/mol. The highest BCUT2D eigenvalue weighted by Gasteiger charge is 2.51. The van der Waals surface area contributed by atoms with Crippen LogP contribution in [0.4, 0.5) is 0 Å². The molecule has 0 aromatic heterocycles. The first-order valence-electron chi connectivity index (χ1n) is 7.64. The van der Waals surface area contributed by atoms with Gasteiger partial charge in [-0.2, -0.15) is 0 Å². The molecular weight excluding hydrogens is 232 g/mol. The zero-order valence-corrected chi connectivity index (χ0v) is 12.5. The molecule has 0 atom stereocenters. The molecule has 1 aromatic carbocycles. The molecule has 1 spiro atoms. The minimum absolute atomic E-state index is 0.645. The van der Waals surface area contributed by atoms with Gasteiger partial charge in [0.1, 0.15) is 0 Å². The molecule has 2 aliphatic heterocycles. The van der Waals surface area contributed by atoms with Crippen LogP contribution in [0.2, 0.25) is 0 Å². The zero-order valence-electron chi connectivity index (χ0n) is 12.5. The van der Waals surface area contributed by atoms with Crippen molar-refractivity contribution in [1.82, 2.24) is 9.80 Å². The molecule has 104 valence electrons. The van der Waals surface area contributed by atoms with E-state index in [1.165, 1.54) is 37.3 Å². The summed E-state index contributed by atoms with van der Waals surface area (Å²) in [7, 11) is 0. The Bertz CT molecular complexity index is 438. The van der Waals surface area contributed by atoms with Crippen molar-refractivity contribution in [3.05, 3.63) is 35.4 Å². The molecule has 2 heteroatoms. The summed E-state index contributed by atoms with van der Waals surface area (Å²) < 4.78 is 0. The summed E-state index contributed by atoms with van der Waals surface area (Å²) >= 11 is 0. The van der Waals surface area contributed by atoms with Gasteiger partial charge in [-0.25, -0.2) is 0 Å². The third-order valence-electron chi connectivity index (χ3n) is 4.73. The van der Waals surface area contributed by atoms with E-state index in [-0.39, 0.29) is 0 Å². The van der Waals surface area contributed by atoms with Crippen LogP contribution >= 0.6 is 0 Å². The van der Waals surface area contributed by atoms with Gasteiger partial charge in [0.25, 0.3) is 0 Å². The Labute approximate surface area is 117 Å². The number of rotatable bonds is 4. The van der Waals surface area contributed by atoms with Gasteiger partial charge in [0.2, 0.25) is 0 Å². The van der Waals surface area contributed by atoms with Gasteiger partial charge in [-0.15, -0.1) is 0 Å². The van der Waals surface area contributed by atoms with Gasteiger partial charge in [0, 0.05) is 44.2 Å². The van der Waals surface area contributed by atoms with E-state index >= 15 is 0 Å². The van der Waals surface area contributed by atoms with Crippen molar-refractivity contribution in [1.29, 1.82) is 0 Å². The van der Waals surface area contributed by atoms with Crippen molar-refractivity contribution >= 4 is 0 Å². The van der Waals surface area contributed by atoms with Crippen LogP contribution < -0.4 is 0 Å². The lowest BCUT2D eigenvalue weighted by Gasteiger charge is -2.61. The van der Waals surface area contributed by atoms with Crippen LogP contribution in [0.5, 0.6) is 0 Å². The molecule has 0 bridgehead atoms. The molecule has 0 amide bonds. The van der Waals surface area contributed by atoms with Crippen LogP contribution in [0.3, 0.4) is 0 Å². The molecule has 2 saturated heterocycles. The number of hydrogen-bond donors (Lipinski definition) is 0. The summed E-state index contributed by atoms with van der Waals surface area (Å²) in [6.07, 6.45) is 1.14. The Morgan fingerprint density at radius 1 is 1.11 bits per heavy atom. The van der Waals surface area contributed by atoms with E-state index < -0.39 is 0 Å². The molecule has 2 fully saturated rings. The first kappa shape index (κ1) is 13.1. The largest absolute Gasteiger partial charge is 0.300 e. The van der Waals surface area contributed by atoms with Gasteiger partial charge >= 0.3 is 0 Å². The average Bonchev–Trinajstić information content (AvgIpc) is 2.30. The van der Waals surface area contributed by atoms with Gasteiger partial charge in [-0.1, -0.05) is 31.2 Å². The van der Waals surface area contributed by atoms with Crippen LogP contribution in [-0.4, -0.2) is 42.0 Å². The maximum Gasteiger partial charge on any atom is 0.0234 e. The molecule has 3 rings (SSSR count). The van der Waals surface area contributed by atoms with Crippen molar-refractivity contribution in [3.8, 4) is 0 Å².